The second-order valence-corrected chi connectivity index (χ2v) is 8.42. The van der Waals surface area contributed by atoms with Gasteiger partial charge in [0.25, 0.3) is 0 Å². The lowest BCUT2D eigenvalue weighted by atomic mass is 9.78. The largest absolute Gasteiger partial charge is 0.348 e. The van der Waals surface area contributed by atoms with Crippen LogP contribution in [0.4, 0.5) is 5.13 Å². The summed E-state index contributed by atoms with van der Waals surface area (Å²) in [7, 11) is 2.09. The molecule has 3 nitrogen and oxygen atoms in total. The van der Waals surface area contributed by atoms with Gasteiger partial charge in [-0.25, -0.2) is 4.98 Å². The van der Waals surface area contributed by atoms with Gasteiger partial charge in [0.2, 0.25) is 0 Å². The molecule has 1 atom stereocenters. The summed E-state index contributed by atoms with van der Waals surface area (Å²) in [4.78, 5) is 20.1. The van der Waals surface area contributed by atoms with Crippen molar-refractivity contribution in [1.82, 2.24) is 4.98 Å². The molecule has 0 spiro atoms. The van der Waals surface area contributed by atoms with Crippen molar-refractivity contribution in [1.29, 1.82) is 0 Å². The number of thiazole rings is 1. The summed E-state index contributed by atoms with van der Waals surface area (Å²) in [6, 6.07) is 0.457. The highest BCUT2D eigenvalue weighted by Gasteiger charge is 2.34. The molecule has 0 aromatic carbocycles. The Kier molecular flexibility index (Phi) is 4.80. The van der Waals surface area contributed by atoms with Gasteiger partial charge in [-0.15, -0.1) is 0 Å². The lowest BCUT2D eigenvalue weighted by Gasteiger charge is -2.26. The van der Waals surface area contributed by atoms with E-state index < -0.39 is 0 Å². The van der Waals surface area contributed by atoms with Crippen molar-refractivity contribution in [2.24, 2.45) is 5.41 Å². The Bertz CT molecular complexity index is 496. The summed E-state index contributed by atoms with van der Waals surface area (Å²) < 4.78 is 0. The van der Waals surface area contributed by atoms with E-state index in [4.69, 9.17) is 4.98 Å². The molecule has 0 saturated heterocycles. The van der Waals surface area contributed by atoms with E-state index in [-0.39, 0.29) is 11.2 Å². The average molecular weight is 313 g/mol. The van der Waals surface area contributed by atoms with Crippen LogP contribution in [0, 0.1) is 5.41 Å². The van der Waals surface area contributed by atoms with Gasteiger partial charge in [-0.1, -0.05) is 25.2 Å². The molecule has 112 valence electrons. The van der Waals surface area contributed by atoms with Gasteiger partial charge in [-0.2, -0.15) is 11.8 Å². The minimum atomic E-state index is 0.0540. The first-order valence-corrected chi connectivity index (χ1v) is 9.30. The topological polar surface area (TPSA) is 33.2 Å². The quantitative estimate of drug-likeness (QED) is 0.826. The zero-order valence-electron chi connectivity index (χ0n) is 13.0. The maximum atomic E-state index is 12.2. The first-order valence-electron chi connectivity index (χ1n) is 7.09. The molecule has 5 heteroatoms. The van der Waals surface area contributed by atoms with E-state index in [0.717, 1.165) is 34.3 Å². The number of hydrogen-bond acceptors (Lipinski definition) is 5. The first kappa shape index (κ1) is 15.8. The van der Waals surface area contributed by atoms with Crippen molar-refractivity contribution in [3.8, 4) is 0 Å². The monoisotopic (exact) mass is 312 g/mol. The Labute approximate surface area is 130 Å². The smallest absolute Gasteiger partial charge is 0.186 e. The molecule has 2 rings (SSSR count). The molecule has 0 saturated carbocycles. The summed E-state index contributed by atoms with van der Waals surface area (Å²) in [6.07, 6.45) is 4.84. The molecule has 1 aliphatic rings. The lowest BCUT2D eigenvalue weighted by Crippen LogP contribution is -2.29. The van der Waals surface area contributed by atoms with Crippen LogP contribution in [0.3, 0.4) is 0 Å². The third kappa shape index (κ3) is 3.37. The summed E-state index contributed by atoms with van der Waals surface area (Å²) in [5.74, 6) is 1.42. The molecular weight excluding hydrogens is 288 g/mol. The summed E-state index contributed by atoms with van der Waals surface area (Å²) in [5.41, 5.74) is 1.06. The van der Waals surface area contributed by atoms with Crippen molar-refractivity contribution in [2.45, 2.75) is 46.1 Å². The Morgan fingerprint density at radius 1 is 1.45 bits per heavy atom. The van der Waals surface area contributed by atoms with Gasteiger partial charge in [0.15, 0.2) is 10.9 Å². The van der Waals surface area contributed by atoms with Crippen LogP contribution in [0.1, 0.15) is 49.0 Å². The fraction of sp³-hybridized carbons (Fsp3) is 0.733. The summed E-state index contributed by atoms with van der Waals surface area (Å²) in [6.45, 7) is 6.53. The number of ketones is 1. The van der Waals surface area contributed by atoms with Crippen LogP contribution in [0.2, 0.25) is 0 Å². The van der Waals surface area contributed by atoms with Crippen molar-refractivity contribution in [3.05, 3.63) is 10.6 Å². The summed E-state index contributed by atoms with van der Waals surface area (Å²) in [5, 5.41) is 0.995. The molecule has 0 bridgehead atoms. The highest BCUT2D eigenvalue weighted by molar-refractivity contribution is 7.98. The number of hydrogen-bond donors (Lipinski definition) is 0. The van der Waals surface area contributed by atoms with Crippen LogP contribution in [0.15, 0.2) is 0 Å². The number of nitrogens with zero attached hydrogens (tertiary/aromatic N) is 2. The molecular formula is C15H24N2OS2. The van der Waals surface area contributed by atoms with Crippen LogP contribution in [-0.4, -0.2) is 35.9 Å². The molecule has 0 amide bonds. The SMILES string of the molecule is CSCCC(C)N(C)c1nc2c(s1)C(=O)CC(C)(C)C2. The second kappa shape index (κ2) is 6.06. The number of carbonyl (C=O) groups excluding carboxylic acids is 1. The number of anilines is 1. The highest BCUT2D eigenvalue weighted by atomic mass is 32.2. The van der Waals surface area contributed by atoms with Gasteiger partial charge in [0, 0.05) is 19.5 Å². The highest BCUT2D eigenvalue weighted by Crippen LogP contribution is 2.39. The number of fused-ring (bicyclic) bond motifs is 1. The van der Waals surface area contributed by atoms with E-state index in [1.807, 2.05) is 11.8 Å². The minimum Gasteiger partial charge on any atom is -0.348 e. The second-order valence-electron chi connectivity index (χ2n) is 6.45. The van der Waals surface area contributed by atoms with Gasteiger partial charge >= 0.3 is 0 Å². The van der Waals surface area contributed by atoms with Crippen LogP contribution in [0.25, 0.3) is 0 Å². The Balaban J connectivity index is 2.18. The van der Waals surface area contributed by atoms with Gasteiger partial charge in [0.1, 0.15) is 0 Å². The van der Waals surface area contributed by atoms with E-state index in [9.17, 15) is 4.79 Å². The maximum Gasteiger partial charge on any atom is 0.186 e. The number of Topliss-reactive ketones (excluding diaryl/α,β-unsaturated/α-hetero) is 1. The van der Waals surface area contributed by atoms with Crippen LogP contribution >= 0.6 is 23.1 Å². The molecule has 1 aromatic heterocycles. The Morgan fingerprint density at radius 2 is 2.15 bits per heavy atom. The molecule has 1 unspecified atom stereocenters. The average Bonchev–Trinajstić information content (AvgIpc) is 2.77. The number of aromatic nitrogens is 1. The first-order chi connectivity index (χ1) is 9.34. The number of rotatable bonds is 5. The van der Waals surface area contributed by atoms with E-state index in [0.29, 0.717) is 12.5 Å². The molecule has 0 radical (unpaired) electrons. The van der Waals surface area contributed by atoms with Crippen molar-refractivity contribution in [2.75, 3.05) is 24.0 Å². The normalized spacial score (nSPS) is 18.8. The molecule has 0 fully saturated rings. The fourth-order valence-corrected chi connectivity index (χ4v) is 4.19. The zero-order valence-corrected chi connectivity index (χ0v) is 14.7. The fourth-order valence-electron chi connectivity index (χ4n) is 2.53. The van der Waals surface area contributed by atoms with Crippen LogP contribution < -0.4 is 4.90 Å². The molecule has 1 aromatic rings. The third-order valence-corrected chi connectivity index (χ3v) is 5.80. The van der Waals surface area contributed by atoms with Crippen molar-refractivity contribution in [3.63, 3.8) is 0 Å². The van der Waals surface area contributed by atoms with Crippen molar-refractivity contribution >= 4 is 34.0 Å². The minimum absolute atomic E-state index is 0.0540. The standard InChI is InChI=1S/C15H24N2OS2/c1-10(6-7-19-5)17(4)14-16-11-8-15(2,3)9-12(18)13(11)20-14/h10H,6-9H2,1-5H3. The predicted molar refractivity (Wildman–Crippen MR) is 89.4 cm³/mol. The van der Waals surface area contributed by atoms with E-state index in [1.54, 1.807) is 11.3 Å². The van der Waals surface area contributed by atoms with E-state index >= 15 is 0 Å². The Hall–Kier alpha value is -0.550. The van der Waals surface area contributed by atoms with E-state index in [2.05, 4.69) is 39.0 Å². The maximum absolute atomic E-state index is 12.2. The van der Waals surface area contributed by atoms with Gasteiger partial charge in [-0.05, 0) is 37.2 Å². The van der Waals surface area contributed by atoms with Gasteiger partial charge in [-0.3, -0.25) is 4.79 Å². The molecule has 20 heavy (non-hydrogen) atoms. The van der Waals surface area contributed by atoms with Crippen LogP contribution in [-0.2, 0) is 6.42 Å². The summed E-state index contributed by atoms with van der Waals surface area (Å²) >= 11 is 3.44. The molecule has 1 aliphatic carbocycles. The third-order valence-electron chi connectivity index (χ3n) is 3.93. The molecule has 1 heterocycles. The van der Waals surface area contributed by atoms with Gasteiger partial charge in [0.05, 0.1) is 10.6 Å². The molecule has 0 N–H and O–H groups in total. The van der Waals surface area contributed by atoms with E-state index in [1.165, 1.54) is 0 Å². The number of carbonyl (C=O) groups is 1. The predicted octanol–water partition coefficient (Wildman–Crippen LogP) is 3.88. The number of thioether (sulfide) groups is 1. The zero-order chi connectivity index (χ0) is 14.9. The van der Waals surface area contributed by atoms with Crippen molar-refractivity contribution < 1.29 is 4.79 Å². The molecule has 0 aliphatic heterocycles. The lowest BCUT2D eigenvalue weighted by molar-refractivity contribution is 0.0916. The van der Waals surface area contributed by atoms with Crippen LogP contribution in [0.5, 0.6) is 0 Å². The van der Waals surface area contributed by atoms with Gasteiger partial charge < -0.3 is 4.90 Å². The Morgan fingerprint density at radius 3 is 2.80 bits per heavy atom.